The lowest BCUT2D eigenvalue weighted by Crippen LogP contribution is -2.31. The zero-order valence-electron chi connectivity index (χ0n) is 11.9. The van der Waals surface area contributed by atoms with E-state index >= 15 is 0 Å². The molecular weight excluding hydrogens is 318 g/mol. The van der Waals surface area contributed by atoms with Crippen LogP contribution in [0.25, 0.3) is 0 Å². The molecule has 1 atom stereocenters. The van der Waals surface area contributed by atoms with Crippen LogP contribution in [0.1, 0.15) is 34.1 Å². The van der Waals surface area contributed by atoms with Gasteiger partial charge in [0.25, 0.3) is 0 Å². The lowest BCUT2D eigenvalue weighted by atomic mass is 9.88. The second-order valence-corrected chi connectivity index (χ2v) is 5.94. The highest BCUT2D eigenvalue weighted by Gasteiger charge is 2.30. The average Bonchev–Trinajstić information content (AvgIpc) is 2.99. The molecule has 0 bridgehead atoms. The predicted octanol–water partition coefficient (Wildman–Crippen LogP) is 3.90. The maximum atomic E-state index is 5.67. The molecule has 1 aliphatic heterocycles. The van der Waals surface area contributed by atoms with Gasteiger partial charge in [-0.25, -0.2) is 0 Å². The van der Waals surface area contributed by atoms with E-state index in [-0.39, 0.29) is 6.04 Å². The molecule has 20 heavy (non-hydrogen) atoms. The van der Waals surface area contributed by atoms with Crippen molar-refractivity contribution < 1.29 is 9.15 Å². The summed E-state index contributed by atoms with van der Waals surface area (Å²) in [5.41, 5.74) is 4.95. The maximum Gasteiger partial charge on any atom is 0.125 e. The number of furan rings is 1. The highest BCUT2D eigenvalue weighted by Crippen LogP contribution is 2.43. The van der Waals surface area contributed by atoms with Crippen molar-refractivity contribution in [2.45, 2.75) is 26.3 Å². The Labute approximate surface area is 127 Å². The first-order valence-electron chi connectivity index (χ1n) is 6.77. The Balaban J connectivity index is 2.25. The lowest BCUT2D eigenvalue weighted by molar-refractivity contribution is 0.392. The molecular formula is C16H18BrNO2. The van der Waals surface area contributed by atoms with E-state index in [1.165, 1.54) is 22.3 Å². The van der Waals surface area contributed by atoms with E-state index in [0.29, 0.717) is 0 Å². The Hall–Kier alpha value is -1.26. The highest BCUT2D eigenvalue weighted by atomic mass is 79.9. The van der Waals surface area contributed by atoms with Crippen LogP contribution in [0, 0.1) is 13.8 Å². The highest BCUT2D eigenvalue weighted by molar-refractivity contribution is 9.10. The van der Waals surface area contributed by atoms with Crippen LogP contribution in [0.5, 0.6) is 5.75 Å². The van der Waals surface area contributed by atoms with Crippen LogP contribution in [0.4, 0.5) is 0 Å². The molecule has 1 aromatic carbocycles. The van der Waals surface area contributed by atoms with Crippen molar-refractivity contribution in [1.82, 2.24) is 5.32 Å². The summed E-state index contributed by atoms with van der Waals surface area (Å²) in [6, 6.07) is 4.02. The zero-order valence-corrected chi connectivity index (χ0v) is 13.5. The molecule has 0 fully saturated rings. The Kier molecular flexibility index (Phi) is 3.61. The fourth-order valence-corrected chi connectivity index (χ4v) is 3.75. The van der Waals surface area contributed by atoms with E-state index in [1.807, 2.05) is 12.1 Å². The molecule has 4 heteroatoms. The lowest BCUT2D eigenvalue weighted by Gasteiger charge is -2.30. The molecule has 0 spiro atoms. The number of ether oxygens (including phenoxy) is 1. The quantitative estimate of drug-likeness (QED) is 0.903. The summed E-state index contributed by atoms with van der Waals surface area (Å²) >= 11 is 3.77. The number of halogens is 1. The normalized spacial score (nSPS) is 17.9. The summed E-state index contributed by atoms with van der Waals surface area (Å²) in [5.74, 6) is 1.95. The van der Waals surface area contributed by atoms with Crippen LogP contribution in [-0.2, 0) is 6.42 Å². The standard InChI is InChI=1S/C16H18BrNO2/c1-9-10(2)16(19-3)11-6-7-18-15(13(11)14(9)17)12-5-4-8-20-12/h4-5,8,15,18H,6-7H2,1-3H3. The summed E-state index contributed by atoms with van der Waals surface area (Å²) in [5, 5.41) is 3.54. The SMILES string of the molecule is COc1c(C)c(C)c(Br)c2c1CCNC2c1ccco1. The molecule has 0 amide bonds. The molecule has 1 aromatic heterocycles. The smallest absolute Gasteiger partial charge is 0.125 e. The summed E-state index contributed by atoms with van der Waals surface area (Å²) in [6.45, 7) is 5.16. The largest absolute Gasteiger partial charge is 0.496 e. The van der Waals surface area contributed by atoms with Crippen LogP contribution >= 0.6 is 15.9 Å². The van der Waals surface area contributed by atoms with Gasteiger partial charge in [-0.2, -0.15) is 0 Å². The van der Waals surface area contributed by atoms with E-state index < -0.39 is 0 Å². The third-order valence-corrected chi connectivity index (χ3v) is 5.13. The minimum Gasteiger partial charge on any atom is -0.496 e. The van der Waals surface area contributed by atoms with Gasteiger partial charge in [0, 0.05) is 16.6 Å². The number of hydrogen-bond donors (Lipinski definition) is 1. The first-order chi connectivity index (χ1) is 9.65. The Morgan fingerprint density at radius 2 is 2.15 bits per heavy atom. The van der Waals surface area contributed by atoms with Crippen molar-refractivity contribution in [2.24, 2.45) is 0 Å². The van der Waals surface area contributed by atoms with Crippen molar-refractivity contribution >= 4 is 15.9 Å². The van der Waals surface area contributed by atoms with E-state index in [2.05, 4.69) is 35.1 Å². The molecule has 0 radical (unpaired) electrons. The number of benzene rings is 1. The maximum absolute atomic E-state index is 5.67. The molecule has 1 aliphatic rings. The van der Waals surface area contributed by atoms with Gasteiger partial charge in [-0.05, 0) is 49.1 Å². The van der Waals surface area contributed by atoms with Gasteiger partial charge < -0.3 is 14.5 Å². The fourth-order valence-electron chi connectivity index (χ4n) is 2.99. The third kappa shape index (κ3) is 1.98. The Morgan fingerprint density at radius 3 is 2.80 bits per heavy atom. The van der Waals surface area contributed by atoms with Crippen molar-refractivity contribution in [3.8, 4) is 5.75 Å². The van der Waals surface area contributed by atoms with Crippen LogP contribution in [-0.4, -0.2) is 13.7 Å². The summed E-state index contributed by atoms with van der Waals surface area (Å²) in [6.07, 6.45) is 2.69. The van der Waals surface area contributed by atoms with Crippen LogP contribution in [0.3, 0.4) is 0 Å². The number of rotatable bonds is 2. The minimum absolute atomic E-state index is 0.0799. The fraction of sp³-hybridized carbons (Fsp3) is 0.375. The van der Waals surface area contributed by atoms with Gasteiger partial charge >= 0.3 is 0 Å². The predicted molar refractivity (Wildman–Crippen MR) is 82.4 cm³/mol. The minimum atomic E-state index is 0.0799. The first-order valence-corrected chi connectivity index (χ1v) is 7.56. The second kappa shape index (κ2) is 5.26. The van der Waals surface area contributed by atoms with Crippen molar-refractivity contribution in [1.29, 1.82) is 0 Å². The van der Waals surface area contributed by atoms with Crippen molar-refractivity contribution in [3.63, 3.8) is 0 Å². The molecule has 0 saturated carbocycles. The van der Waals surface area contributed by atoms with Crippen LogP contribution in [0.2, 0.25) is 0 Å². The van der Waals surface area contributed by atoms with E-state index in [0.717, 1.165) is 28.9 Å². The Bertz CT molecular complexity index is 635. The van der Waals surface area contributed by atoms with E-state index in [4.69, 9.17) is 9.15 Å². The van der Waals surface area contributed by atoms with E-state index in [9.17, 15) is 0 Å². The average molecular weight is 336 g/mol. The molecule has 0 saturated heterocycles. The molecule has 2 heterocycles. The number of nitrogens with one attached hydrogen (secondary N) is 1. The number of hydrogen-bond acceptors (Lipinski definition) is 3. The van der Waals surface area contributed by atoms with Gasteiger partial charge in [-0.15, -0.1) is 0 Å². The topological polar surface area (TPSA) is 34.4 Å². The number of methoxy groups -OCH3 is 1. The van der Waals surface area contributed by atoms with E-state index in [1.54, 1.807) is 13.4 Å². The summed E-state index contributed by atoms with van der Waals surface area (Å²) in [7, 11) is 1.75. The molecule has 0 aliphatic carbocycles. The van der Waals surface area contributed by atoms with Gasteiger partial charge in [-0.3, -0.25) is 0 Å². The molecule has 1 unspecified atom stereocenters. The third-order valence-electron chi connectivity index (χ3n) is 4.11. The molecule has 2 aromatic rings. The molecule has 3 nitrogen and oxygen atoms in total. The number of fused-ring (bicyclic) bond motifs is 1. The molecule has 106 valence electrons. The van der Waals surface area contributed by atoms with Gasteiger partial charge in [0.05, 0.1) is 19.4 Å². The van der Waals surface area contributed by atoms with Gasteiger partial charge in [0.2, 0.25) is 0 Å². The van der Waals surface area contributed by atoms with Crippen molar-refractivity contribution in [3.05, 3.63) is 50.9 Å². The first kappa shape index (κ1) is 13.7. The van der Waals surface area contributed by atoms with Gasteiger partial charge in [0.1, 0.15) is 11.5 Å². The molecule has 3 rings (SSSR count). The zero-order chi connectivity index (χ0) is 14.3. The monoisotopic (exact) mass is 335 g/mol. The summed E-state index contributed by atoms with van der Waals surface area (Å²) in [4.78, 5) is 0. The van der Waals surface area contributed by atoms with Crippen molar-refractivity contribution in [2.75, 3.05) is 13.7 Å². The second-order valence-electron chi connectivity index (χ2n) is 5.14. The summed E-state index contributed by atoms with van der Waals surface area (Å²) < 4.78 is 12.4. The molecule has 1 N–H and O–H groups in total. The Morgan fingerprint density at radius 1 is 1.35 bits per heavy atom. The van der Waals surface area contributed by atoms with Gasteiger partial charge in [0.15, 0.2) is 0 Å². The van der Waals surface area contributed by atoms with Crippen LogP contribution in [0.15, 0.2) is 27.3 Å². The van der Waals surface area contributed by atoms with Gasteiger partial charge in [-0.1, -0.05) is 15.9 Å². The van der Waals surface area contributed by atoms with Crippen LogP contribution < -0.4 is 10.1 Å².